The second kappa shape index (κ2) is 8.63. The van der Waals surface area contributed by atoms with E-state index < -0.39 is 0 Å². The molecule has 1 aromatic heterocycles. The van der Waals surface area contributed by atoms with Gasteiger partial charge in [0.15, 0.2) is 11.5 Å². The summed E-state index contributed by atoms with van der Waals surface area (Å²) in [5.74, 6) is 3.76. The lowest BCUT2D eigenvalue weighted by atomic mass is 10.1. The van der Waals surface area contributed by atoms with E-state index in [0.717, 1.165) is 16.9 Å². The third-order valence-corrected chi connectivity index (χ3v) is 6.60. The van der Waals surface area contributed by atoms with Gasteiger partial charge in [0.1, 0.15) is 29.2 Å². The second-order valence-electron chi connectivity index (χ2n) is 8.79. The lowest BCUT2D eigenvalue weighted by Crippen LogP contribution is -2.34. The van der Waals surface area contributed by atoms with Crippen LogP contribution in [0.1, 0.15) is 23.5 Å². The number of carbonyl (C=O) groups is 2. The van der Waals surface area contributed by atoms with Gasteiger partial charge in [0.05, 0.1) is 26.2 Å². The van der Waals surface area contributed by atoms with E-state index in [4.69, 9.17) is 18.9 Å². The van der Waals surface area contributed by atoms with E-state index in [2.05, 4.69) is 20.9 Å². The zero-order valence-corrected chi connectivity index (χ0v) is 19.7. The standard InChI is InChI=1S/C26H24N4O6/c1-33-19-6-3-13(11-20(19)34-2)28-26(32)30-23-22-16-12-14(4-7-17(16)36-24(22)23)35-18-9-10-27-25-15(18)5-8-21(31)29-25/h3-4,6-7,9-12,22-24H,5,8H2,1-2H3,(H,27,29,31)(H2,28,30,32)/t22?,23-,24?/m0/s1. The van der Waals surface area contributed by atoms with E-state index in [-0.39, 0.29) is 30.0 Å². The average Bonchev–Trinajstić information content (AvgIpc) is 3.39. The molecule has 36 heavy (non-hydrogen) atoms. The van der Waals surface area contributed by atoms with Crippen molar-refractivity contribution in [1.29, 1.82) is 0 Å². The maximum absolute atomic E-state index is 12.6. The van der Waals surface area contributed by atoms with Crippen LogP contribution in [0.25, 0.3) is 0 Å². The lowest BCUT2D eigenvalue weighted by molar-refractivity contribution is -0.116. The van der Waals surface area contributed by atoms with Crippen LogP contribution in [0.3, 0.4) is 0 Å². The molecular formula is C26H24N4O6. The quantitative estimate of drug-likeness (QED) is 0.482. The predicted octanol–water partition coefficient (Wildman–Crippen LogP) is 3.82. The highest BCUT2D eigenvalue weighted by molar-refractivity contribution is 5.93. The number of pyridine rings is 1. The molecule has 184 valence electrons. The van der Waals surface area contributed by atoms with Crippen LogP contribution in [0.2, 0.25) is 0 Å². The van der Waals surface area contributed by atoms with Crippen molar-refractivity contribution in [2.75, 3.05) is 24.9 Å². The number of carbonyl (C=O) groups excluding carboxylic acids is 2. The topological polar surface area (TPSA) is 120 Å². The number of hydrogen-bond acceptors (Lipinski definition) is 7. The van der Waals surface area contributed by atoms with Gasteiger partial charge in [-0.1, -0.05) is 0 Å². The van der Waals surface area contributed by atoms with E-state index in [1.807, 2.05) is 18.2 Å². The largest absolute Gasteiger partial charge is 0.493 e. The third-order valence-electron chi connectivity index (χ3n) is 6.60. The van der Waals surface area contributed by atoms with Gasteiger partial charge in [-0.05, 0) is 42.8 Å². The molecule has 0 bridgehead atoms. The summed E-state index contributed by atoms with van der Waals surface area (Å²) in [7, 11) is 3.10. The van der Waals surface area contributed by atoms with Crippen LogP contribution in [-0.4, -0.2) is 43.3 Å². The molecule has 10 nitrogen and oxygen atoms in total. The fourth-order valence-corrected chi connectivity index (χ4v) is 4.79. The van der Waals surface area contributed by atoms with Gasteiger partial charge in [-0.3, -0.25) is 4.79 Å². The van der Waals surface area contributed by atoms with E-state index in [1.54, 1.807) is 44.7 Å². The third kappa shape index (κ3) is 3.90. The molecule has 3 aliphatic rings. The lowest BCUT2D eigenvalue weighted by Gasteiger charge is -2.19. The summed E-state index contributed by atoms with van der Waals surface area (Å²) >= 11 is 0. The monoisotopic (exact) mass is 488 g/mol. The number of amides is 3. The Balaban J connectivity index is 1.13. The van der Waals surface area contributed by atoms with Gasteiger partial charge in [0.25, 0.3) is 0 Å². The van der Waals surface area contributed by atoms with Crippen LogP contribution >= 0.6 is 0 Å². The fraction of sp³-hybridized carbons (Fsp3) is 0.269. The zero-order valence-electron chi connectivity index (χ0n) is 19.7. The van der Waals surface area contributed by atoms with Crippen LogP contribution in [0.5, 0.6) is 28.7 Å². The number of hydrogen-bond donors (Lipinski definition) is 3. The van der Waals surface area contributed by atoms with Crippen molar-refractivity contribution < 1.29 is 28.5 Å². The minimum absolute atomic E-state index is 0.0460. The Hall–Kier alpha value is -4.47. The van der Waals surface area contributed by atoms with Gasteiger partial charge in [-0.2, -0.15) is 0 Å². The minimum atomic E-state index is -0.329. The van der Waals surface area contributed by atoms with E-state index in [0.29, 0.717) is 47.3 Å². The number of nitrogens with one attached hydrogen (secondary N) is 3. The number of anilines is 2. The molecule has 1 fully saturated rings. The molecule has 6 rings (SSSR count). The Kier molecular flexibility index (Phi) is 5.28. The molecule has 0 spiro atoms. The normalized spacial score (nSPS) is 20.6. The molecule has 1 aliphatic carbocycles. The van der Waals surface area contributed by atoms with Crippen LogP contribution in [0.15, 0.2) is 48.7 Å². The summed E-state index contributed by atoms with van der Waals surface area (Å²) in [5.41, 5.74) is 2.46. The first kappa shape index (κ1) is 22.0. The highest BCUT2D eigenvalue weighted by Crippen LogP contribution is 2.54. The van der Waals surface area contributed by atoms with Crippen molar-refractivity contribution in [2.24, 2.45) is 0 Å². The van der Waals surface area contributed by atoms with Gasteiger partial charge < -0.3 is 34.9 Å². The molecule has 2 aromatic carbocycles. The van der Waals surface area contributed by atoms with Crippen molar-refractivity contribution in [3.8, 4) is 28.7 Å². The van der Waals surface area contributed by atoms with Crippen molar-refractivity contribution in [2.45, 2.75) is 30.9 Å². The number of aromatic nitrogens is 1. The molecule has 0 saturated heterocycles. The van der Waals surface area contributed by atoms with Crippen LogP contribution in [-0.2, 0) is 11.2 Å². The first-order valence-electron chi connectivity index (χ1n) is 11.6. The zero-order chi connectivity index (χ0) is 24.8. The van der Waals surface area contributed by atoms with E-state index in [9.17, 15) is 9.59 Å². The Morgan fingerprint density at radius 2 is 1.92 bits per heavy atom. The molecule has 3 heterocycles. The molecule has 2 unspecified atom stereocenters. The van der Waals surface area contributed by atoms with Gasteiger partial charge in [-0.15, -0.1) is 0 Å². The minimum Gasteiger partial charge on any atom is -0.493 e. The van der Waals surface area contributed by atoms with Crippen LogP contribution in [0.4, 0.5) is 16.3 Å². The number of benzene rings is 2. The second-order valence-corrected chi connectivity index (χ2v) is 8.79. The summed E-state index contributed by atoms with van der Waals surface area (Å²) in [4.78, 5) is 28.5. The number of fused-ring (bicyclic) bond motifs is 4. The Morgan fingerprint density at radius 1 is 1.06 bits per heavy atom. The van der Waals surface area contributed by atoms with Crippen molar-refractivity contribution >= 4 is 23.4 Å². The fourth-order valence-electron chi connectivity index (χ4n) is 4.79. The summed E-state index contributed by atoms with van der Waals surface area (Å²) in [5, 5.41) is 8.60. The van der Waals surface area contributed by atoms with Gasteiger partial charge in [-0.25, -0.2) is 9.78 Å². The first-order valence-corrected chi connectivity index (χ1v) is 11.6. The molecule has 2 aliphatic heterocycles. The predicted molar refractivity (Wildman–Crippen MR) is 130 cm³/mol. The van der Waals surface area contributed by atoms with Gasteiger partial charge in [0.2, 0.25) is 5.91 Å². The number of rotatable bonds is 6. The Labute approximate surface area is 206 Å². The molecule has 3 N–H and O–H groups in total. The molecule has 10 heteroatoms. The van der Waals surface area contributed by atoms with Gasteiger partial charge >= 0.3 is 6.03 Å². The van der Waals surface area contributed by atoms with Crippen molar-refractivity contribution in [1.82, 2.24) is 10.3 Å². The van der Waals surface area contributed by atoms with Crippen molar-refractivity contribution in [3.05, 3.63) is 59.8 Å². The van der Waals surface area contributed by atoms with Crippen molar-refractivity contribution in [3.63, 3.8) is 0 Å². The highest BCUT2D eigenvalue weighted by Gasteiger charge is 2.59. The van der Waals surface area contributed by atoms with Crippen LogP contribution in [0, 0.1) is 0 Å². The number of ether oxygens (including phenoxy) is 4. The number of urea groups is 1. The maximum Gasteiger partial charge on any atom is 0.319 e. The maximum atomic E-state index is 12.6. The average molecular weight is 489 g/mol. The Morgan fingerprint density at radius 3 is 2.75 bits per heavy atom. The van der Waals surface area contributed by atoms with E-state index >= 15 is 0 Å². The van der Waals surface area contributed by atoms with E-state index in [1.165, 1.54) is 0 Å². The SMILES string of the molecule is COc1ccc(NC(=O)N[C@@H]2C3Oc4ccc(Oc5ccnc6c5CCC(=O)N6)cc4C32)cc1OC. The molecular weight excluding hydrogens is 464 g/mol. The summed E-state index contributed by atoms with van der Waals surface area (Å²) in [6.45, 7) is 0. The number of nitrogens with zero attached hydrogens (tertiary/aromatic N) is 1. The molecule has 3 amide bonds. The summed E-state index contributed by atoms with van der Waals surface area (Å²) in [6.07, 6.45) is 2.47. The first-order chi connectivity index (χ1) is 17.5. The summed E-state index contributed by atoms with van der Waals surface area (Å²) < 4.78 is 22.7. The summed E-state index contributed by atoms with van der Waals surface area (Å²) in [6, 6.07) is 12.2. The smallest absolute Gasteiger partial charge is 0.319 e. The molecule has 3 atom stereocenters. The Bertz CT molecular complexity index is 1380. The molecule has 3 aromatic rings. The number of methoxy groups -OCH3 is 2. The highest BCUT2D eigenvalue weighted by atomic mass is 16.5. The molecule has 0 radical (unpaired) electrons. The molecule has 1 saturated carbocycles. The van der Waals surface area contributed by atoms with Gasteiger partial charge in [0, 0.05) is 35.5 Å². The van der Waals surface area contributed by atoms with Crippen LogP contribution < -0.4 is 34.9 Å².